The second-order valence-corrected chi connectivity index (χ2v) is 2.07. The molecule has 1 N–H and O–H groups in total. The molecule has 0 fully saturated rings. The van der Waals surface area contributed by atoms with Crippen LogP contribution in [0.1, 0.15) is 13.8 Å². The fourth-order valence-electron chi connectivity index (χ4n) is 0.587. The first kappa shape index (κ1) is 9.26. The number of aliphatic hydroxyl groups excluding tert-OH is 1. The summed E-state index contributed by atoms with van der Waals surface area (Å²) in [5.74, 6) is 0.0884. The molecule has 0 rings (SSSR count). The van der Waals surface area contributed by atoms with Crippen LogP contribution in [0.5, 0.6) is 0 Å². The molecule has 0 unspecified atom stereocenters. The van der Waals surface area contributed by atoms with E-state index < -0.39 is 0 Å². The van der Waals surface area contributed by atoms with Gasteiger partial charge in [0.25, 0.3) is 0 Å². The van der Waals surface area contributed by atoms with Crippen LogP contribution in [-0.2, 0) is 0 Å². The Morgan fingerprint density at radius 1 is 1.27 bits per heavy atom. The molecule has 0 aromatic rings. The minimum atomic E-state index is 0.0263. The van der Waals surface area contributed by atoms with E-state index in [1.54, 1.807) is 19.1 Å². The SMILES string of the molecule is CC(/C=C(\C)O)=C(C#N)C#N. The summed E-state index contributed by atoms with van der Waals surface area (Å²) < 4.78 is 0. The molecule has 3 heteroatoms. The maximum Gasteiger partial charge on any atom is 0.132 e. The fourth-order valence-corrected chi connectivity index (χ4v) is 0.587. The van der Waals surface area contributed by atoms with Gasteiger partial charge in [-0.05, 0) is 25.5 Å². The molecule has 11 heavy (non-hydrogen) atoms. The van der Waals surface area contributed by atoms with Crippen LogP contribution in [0.25, 0.3) is 0 Å². The molecule has 0 aliphatic carbocycles. The number of hydrogen-bond acceptors (Lipinski definition) is 3. The highest BCUT2D eigenvalue weighted by molar-refractivity contribution is 5.43. The molecule has 0 aromatic carbocycles. The Hall–Kier alpha value is -1.74. The summed E-state index contributed by atoms with van der Waals surface area (Å²) in [7, 11) is 0. The molecule has 0 aliphatic heterocycles. The van der Waals surface area contributed by atoms with E-state index in [1.807, 2.05) is 0 Å². The molecular weight excluding hydrogens is 140 g/mol. The fraction of sp³-hybridized carbons (Fsp3) is 0.250. The monoisotopic (exact) mass is 148 g/mol. The van der Waals surface area contributed by atoms with Crippen LogP contribution in [0.15, 0.2) is 23.0 Å². The van der Waals surface area contributed by atoms with Crippen molar-refractivity contribution in [3.8, 4) is 12.1 Å². The van der Waals surface area contributed by atoms with Gasteiger partial charge in [-0.1, -0.05) is 0 Å². The van der Waals surface area contributed by atoms with Crippen LogP contribution < -0.4 is 0 Å². The van der Waals surface area contributed by atoms with E-state index in [9.17, 15) is 0 Å². The van der Waals surface area contributed by atoms with E-state index in [1.165, 1.54) is 13.0 Å². The largest absolute Gasteiger partial charge is 0.513 e. The van der Waals surface area contributed by atoms with Gasteiger partial charge >= 0.3 is 0 Å². The quantitative estimate of drug-likeness (QED) is 0.350. The Labute approximate surface area is 65.5 Å². The van der Waals surface area contributed by atoms with Crippen molar-refractivity contribution in [2.75, 3.05) is 0 Å². The zero-order valence-corrected chi connectivity index (χ0v) is 6.42. The van der Waals surface area contributed by atoms with Crippen LogP contribution in [0.2, 0.25) is 0 Å². The van der Waals surface area contributed by atoms with Gasteiger partial charge in [-0.25, -0.2) is 0 Å². The molecule has 0 saturated carbocycles. The highest BCUT2D eigenvalue weighted by Gasteiger charge is 1.96. The van der Waals surface area contributed by atoms with E-state index in [0.717, 1.165) is 0 Å². The van der Waals surface area contributed by atoms with Crippen molar-refractivity contribution in [3.63, 3.8) is 0 Å². The van der Waals surface area contributed by atoms with Crippen molar-refractivity contribution in [3.05, 3.63) is 23.0 Å². The smallest absolute Gasteiger partial charge is 0.132 e. The Balaban J connectivity index is 4.86. The molecular formula is C8H8N2O. The average Bonchev–Trinajstić information content (AvgIpc) is 1.88. The van der Waals surface area contributed by atoms with Gasteiger partial charge in [0.05, 0.1) is 5.76 Å². The Bertz CT molecular complexity index is 266. The van der Waals surface area contributed by atoms with Crippen LogP contribution in [0, 0.1) is 22.7 Å². The molecule has 3 nitrogen and oxygen atoms in total. The first-order valence-electron chi connectivity index (χ1n) is 3.00. The standard InChI is InChI=1S/C8H8N2O/c1-6(3-7(2)11)8(4-9)5-10/h3,11H,1-2H3/b7-3+. The van der Waals surface area contributed by atoms with E-state index in [4.69, 9.17) is 15.6 Å². The van der Waals surface area contributed by atoms with Crippen molar-refractivity contribution in [2.45, 2.75) is 13.8 Å². The van der Waals surface area contributed by atoms with Crippen molar-refractivity contribution in [2.24, 2.45) is 0 Å². The molecule has 0 amide bonds. The zero-order chi connectivity index (χ0) is 8.85. The van der Waals surface area contributed by atoms with Crippen molar-refractivity contribution in [1.29, 1.82) is 10.5 Å². The number of hydrogen-bond donors (Lipinski definition) is 1. The topological polar surface area (TPSA) is 67.8 Å². The summed E-state index contributed by atoms with van der Waals surface area (Å²) >= 11 is 0. The molecule has 0 saturated heterocycles. The summed E-state index contributed by atoms with van der Waals surface area (Å²) in [5, 5.41) is 25.5. The molecule has 0 bridgehead atoms. The first-order valence-corrected chi connectivity index (χ1v) is 3.00. The summed E-state index contributed by atoms with van der Waals surface area (Å²) in [6, 6.07) is 3.44. The maximum absolute atomic E-state index is 8.77. The second kappa shape index (κ2) is 4.14. The number of rotatable bonds is 1. The summed E-state index contributed by atoms with van der Waals surface area (Å²) in [6.07, 6.45) is 1.38. The summed E-state index contributed by atoms with van der Waals surface area (Å²) in [5.41, 5.74) is 0.508. The molecule has 0 radical (unpaired) electrons. The lowest BCUT2D eigenvalue weighted by Gasteiger charge is -1.90. The minimum absolute atomic E-state index is 0.0263. The highest BCUT2D eigenvalue weighted by Crippen LogP contribution is 2.04. The van der Waals surface area contributed by atoms with Crippen LogP contribution in [0.3, 0.4) is 0 Å². The van der Waals surface area contributed by atoms with Gasteiger partial charge in [-0.3, -0.25) is 0 Å². The summed E-state index contributed by atoms with van der Waals surface area (Å²) in [6.45, 7) is 3.08. The van der Waals surface area contributed by atoms with Gasteiger partial charge in [0, 0.05) is 0 Å². The lowest BCUT2D eigenvalue weighted by molar-refractivity contribution is 0.414. The zero-order valence-electron chi connectivity index (χ0n) is 6.42. The highest BCUT2D eigenvalue weighted by atomic mass is 16.3. The van der Waals surface area contributed by atoms with Gasteiger partial charge < -0.3 is 5.11 Å². The van der Waals surface area contributed by atoms with Crippen molar-refractivity contribution in [1.82, 2.24) is 0 Å². The minimum Gasteiger partial charge on any atom is -0.513 e. The third kappa shape index (κ3) is 3.07. The lowest BCUT2D eigenvalue weighted by Crippen LogP contribution is -1.80. The normalized spacial score (nSPS) is 9.64. The van der Waals surface area contributed by atoms with Gasteiger partial charge in [0.1, 0.15) is 17.7 Å². The van der Waals surface area contributed by atoms with E-state index in [-0.39, 0.29) is 11.3 Å². The molecule has 0 heterocycles. The van der Waals surface area contributed by atoms with Gasteiger partial charge in [-0.15, -0.1) is 0 Å². The number of nitriles is 2. The van der Waals surface area contributed by atoms with E-state index in [0.29, 0.717) is 5.57 Å². The second-order valence-electron chi connectivity index (χ2n) is 2.07. The predicted octanol–water partition coefficient (Wildman–Crippen LogP) is 1.81. The molecule has 0 aromatic heterocycles. The van der Waals surface area contributed by atoms with Crippen molar-refractivity contribution < 1.29 is 5.11 Å². The third-order valence-electron chi connectivity index (χ3n) is 1.04. The average molecular weight is 148 g/mol. The van der Waals surface area contributed by atoms with E-state index in [2.05, 4.69) is 0 Å². The van der Waals surface area contributed by atoms with Gasteiger partial charge in [0.2, 0.25) is 0 Å². The molecule has 56 valence electrons. The van der Waals surface area contributed by atoms with Crippen LogP contribution in [0.4, 0.5) is 0 Å². The first-order chi connectivity index (χ1) is 5.11. The molecule has 0 atom stereocenters. The van der Waals surface area contributed by atoms with Crippen LogP contribution in [-0.4, -0.2) is 5.11 Å². The Morgan fingerprint density at radius 2 is 1.73 bits per heavy atom. The Kier molecular flexibility index (Phi) is 3.48. The molecule has 0 spiro atoms. The van der Waals surface area contributed by atoms with E-state index >= 15 is 0 Å². The lowest BCUT2D eigenvalue weighted by atomic mass is 10.1. The molecule has 0 aliphatic rings. The van der Waals surface area contributed by atoms with Gasteiger partial charge in [0.15, 0.2) is 0 Å². The van der Waals surface area contributed by atoms with Crippen molar-refractivity contribution >= 4 is 0 Å². The Morgan fingerprint density at radius 3 is 2.00 bits per heavy atom. The number of allylic oxidation sites excluding steroid dienone is 4. The van der Waals surface area contributed by atoms with Gasteiger partial charge in [-0.2, -0.15) is 10.5 Å². The predicted molar refractivity (Wildman–Crippen MR) is 40.3 cm³/mol. The summed E-state index contributed by atoms with van der Waals surface area (Å²) in [4.78, 5) is 0. The maximum atomic E-state index is 8.77. The third-order valence-corrected chi connectivity index (χ3v) is 1.04. The van der Waals surface area contributed by atoms with Crippen LogP contribution >= 0.6 is 0 Å². The number of aliphatic hydroxyl groups is 1. The number of nitrogens with zero attached hydrogens (tertiary/aromatic N) is 2.